The fourth-order valence-electron chi connectivity index (χ4n) is 3.20. The molecule has 2 aromatic rings. The molecule has 1 fully saturated rings. The number of aromatic nitrogens is 2. The van der Waals surface area contributed by atoms with Crippen molar-refractivity contribution in [3.63, 3.8) is 0 Å². The maximum atomic E-state index is 12.7. The van der Waals surface area contributed by atoms with Crippen LogP contribution in [0.25, 0.3) is 0 Å². The molecule has 27 heavy (non-hydrogen) atoms. The normalized spacial score (nSPS) is 19.7. The number of nitrogens with two attached hydrogens (primary N) is 1. The molecular formula is C18H25Cl2N5O2. The monoisotopic (exact) mass is 413 g/mol. The van der Waals surface area contributed by atoms with Gasteiger partial charge in [0.1, 0.15) is 11.9 Å². The molecule has 9 heteroatoms. The molecule has 7 nitrogen and oxygen atoms in total. The van der Waals surface area contributed by atoms with Gasteiger partial charge in [-0.2, -0.15) is 5.10 Å². The van der Waals surface area contributed by atoms with Crippen LogP contribution < -0.4 is 16.4 Å². The molecule has 0 bridgehead atoms. The predicted molar refractivity (Wildman–Crippen MR) is 109 cm³/mol. The van der Waals surface area contributed by atoms with Gasteiger partial charge >= 0.3 is 0 Å². The summed E-state index contributed by atoms with van der Waals surface area (Å²) >= 11 is 0. The van der Waals surface area contributed by atoms with Gasteiger partial charge in [0.25, 0.3) is 5.91 Å². The Morgan fingerprint density at radius 2 is 1.89 bits per heavy atom. The van der Waals surface area contributed by atoms with Gasteiger partial charge in [-0.05, 0) is 24.8 Å². The van der Waals surface area contributed by atoms with Crippen LogP contribution in [-0.2, 0) is 9.59 Å². The fraction of sp³-hybridized carbons (Fsp3) is 0.389. The molecule has 2 amide bonds. The number of hydrogen-bond donors (Lipinski definition) is 4. The number of benzene rings is 1. The van der Waals surface area contributed by atoms with Crippen molar-refractivity contribution in [1.82, 2.24) is 15.5 Å². The minimum Gasteiger partial charge on any atom is -0.340 e. The zero-order chi connectivity index (χ0) is 17.6. The van der Waals surface area contributed by atoms with Gasteiger partial charge in [0, 0.05) is 18.0 Å². The number of nitrogens with zero attached hydrogens (tertiary/aromatic N) is 1. The average molecular weight is 414 g/mol. The highest BCUT2D eigenvalue weighted by molar-refractivity contribution is 5.97. The fourth-order valence-corrected chi connectivity index (χ4v) is 3.20. The number of halogens is 2. The Bertz CT molecular complexity index is 712. The van der Waals surface area contributed by atoms with E-state index < -0.39 is 6.04 Å². The topological polar surface area (TPSA) is 113 Å². The van der Waals surface area contributed by atoms with Crippen molar-refractivity contribution in [2.24, 2.45) is 11.7 Å². The number of nitrogens with one attached hydrogen (secondary N) is 3. The summed E-state index contributed by atoms with van der Waals surface area (Å²) in [6.45, 7) is 0. The van der Waals surface area contributed by atoms with Gasteiger partial charge in [0.2, 0.25) is 5.91 Å². The van der Waals surface area contributed by atoms with E-state index in [1.54, 1.807) is 12.3 Å². The molecular weight excluding hydrogens is 389 g/mol. The van der Waals surface area contributed by atoms with Crippen LogP contribution in [-0.4, -0.2) is 28.1 Å². The molecule has 3 rings (SSSR count). The summed E-state index contributed by atoms with van der Waals surface area (Å²) in [6, 6.07) is 10.1. The van der Waals surface area contributed by atoms with Crippen LogP contribution >= 0.6 is 24.8 Å². The number of anilines is 1. The molecule has 1 aliphatic carbocycles. The molecule has 148 valence electrons. The zero-order valence-electron chi connectivity index (χ0n) is 14.8. The second kappa shape index (κ2) is 10.9. The second-order valence-electron chi connectivity index (χ2n) is 6.44. The zero-order valence-corrected chi connectivity index (χ0v) is 16.4. The highest BCUT2D eigenvalue weighted by atomic mass is 35.5. The Morgan fingerprint density at radius 1 is 1.15 bits per heavy atom. The lowest BCUT2D eigenvalue weighted by Gasteiger charge is -2.27. The maximum Gasteiger partial charge on any atom is 0.252 e. The summed E-state index contributed by atoms with van der Waals surface area (Å²) < 4.78 is 0. The van der Waals surface area contributed by atoms with Crippen LogP contribution in [0.4, 0.5) is 5.82 Å². The second-order valence-corrected chi connectivity index (χ2v) is 6.44. The molecule has 1 saturated carbocycles. The van der Waals surface area contributed by atoms with Gasteiger partial charge in [-0.15, -0.1) is 24.8 Å². The number of amides is 2. The Labute approximate surface area is 170 Å². The summed E-state index contributed by atoms with van der Waals surface area (Å²) in [5.74, 6) is -0.0949. The van der Waals surface area contributed by atoms with Crippen LogP contribution in [0.5, 0.6) is 0 Å². The van der Waals surface area contributed by atoms with Crippen LogP contribution in [0.1, 0.15) is 37.3 Å². The highest BCUT2D eigenvalue weighted by Gasteiger charge is 2.29. The van der Waals surface area contributed by atoms with Crippen molar-refractivity contribution in [2.45, 2.75) is 37.8 Å². The van der Waals surface area contributed by atoms with Crippen LogP contribution in [0.2, 0.25) is 0 Å². The van der Waals surface area contributed by atoms with Crippen molar-refractivity contribution < 1.29 is 9.59 Å². The van der Waals surface area contributed by atoms with E-state index in [9.17, 15) is 9.59 Å². The van der Waals surface area contributed by atoms with E-state index in [4.69, 9.17) is 5.73 Å². The van der Waals surface area contributed by atoms with Gasteiger partial charge in [-0.1, -0.05) is 36.8 Å². The van der Waals surface area contributed by atoms with E-state index >= 15 is 0 Å². The van der Waals surface area contributed by atoms with E-state index in [0.29, 0.717) is 12.2 Å². The minimum atomic E-state index is -0.768. The first-order valence-electron chi connectivity index (χ1n) is 8.54. The third kappa shape index (κ3) is 6.23. The third-order valence-corrected chi connectivity index (χ3v) is 4.53. The van der Waals surface area contributed by atoms with Crippen molar-refractivity contribution in [1.29, 1.82) is 0 Å². The summed E-state index contributed by atoms with van der Waals surface area (Å²) in [4.78, 5) is 25.4. The summed E-state index contributed by atoms with van der Waals surface area (Å²) in [5, 5.41) is 12.1. The first-order chi connectivity index (χ1) is 12.1. The molecule has 1 heterocycles. The maximum absolute atomic E-state index is 12.7. The van der Waals surface area contributed by atoms with Gasteiger partial charge in [-0.3, -0.25) is 14.7 Å². The third-order valence-electron chi connectivity index (χ3n) is 4.53. The Kier molecular flexibility index (Phi) is 9.28. The largest absolute Gasteiger partial charge is 0.340 e. The molecule has 5 N–H and O–H groups in total. The van der Waals surface area contributed by atoms with E-state index in [1.165, 1.54) is 0 Å². The summed E-state index contributed by atoms with van der Waals surface area (Å²) in [6.07, 6.45) is 4.91. The summed E-state index contributed by atoms with van der Waals surface area (Å²) in [7, 11) is 0. The van der Waals surface area contributed by atoms with Crippen LogP contribution in [0.15, 0.2) is 42.6 Å². The lowest BCUT2D eigenvalue weighted by Crippen LogP contribution is -2.42. The number of aromatic amines is 1. The van der Waals surface area contributed by atoms with Gasteiger partial charge in [-0.25, -0.2) is 0 Å². The first-order valence-corrected chi connectivity index (χ1v) is 8.54. The van der Waals surface area contributed by atoms with Crippen LogP contribution in [0.3, 0.4) is 0 Å². The molecule has 3 atom stereocenters. The number of carbonyl (C=O) groups excluding carboxylic acids is 2. The molecule has 1 aromatic heterocycles. The highest BCUT2D eigenvalue weighted by Crippen LogP contribution is 2.24. The number of H-pyrrole nitrogens is 1. The smallest absolute Gasteiger partial charge is 0.252 e. The van der Waals surface area contributed by atoms with E-state index in [1.807, 2.05) is 30.3 Å². The van der Waals surface area contributed by atoms with E-state index in [2.05, 4.69) is 20.8 Å². The first kappa shape index (κ1) is 23.0. The van der Waals surface area contributed by atoms with Crippen molar-refractivity contribution in [2.75, 3.05) is 5.32 Å². The molecule has 0 radical (unpaired) electrons. The predicted octanol–water partition coefficient (Wildman–Crippen LogP) is 2.57. The molecule has 1 aromatic carbocycles. The van der Waals surface area contributed by atoms with Crippen LogP contribution in [0, 0.1) is 5.92 Å². The average Bonchev–Trinajstić information content (AvgIpc) is 3.13. The number of hydrogen-bond acceptors (Lipinski definition) is 4. The Hall–Kier alpha value is -2.09. The quantitative estimate of drug-likeness (QED) is 0.602. The minimum absolute atomic E-state index is 0. The molecule has 0 aliphatic heterocycles. The van der Waals surface area contributed by atoms with Crippen molar-refractivity contribution in [3.05, 3.63) is 48.2 Å². The lowest BCUT2D eigenvalue weighted by molar-refractivity contribution is -0.130. The van der Waals surface area contributed by atoms with Gasteiger partial charge < -0.3 is 16.4 Å². The van der Waals surface area contributed by atoms with E-state index in [-0.39, 0.29) is 48.6 Å². The standard InChI is InChI=1S/C18H23N5O2.2ClH/c19-14-8-4-7-13(11-14)17(24)22-16(12-5-2-1-3-6-12)18(25)21-15-9-10-20-23-15;;/h1-3,5-6,9-10,13-14,16H,4,7-8,11,19H2,(H,22,24)(H2,20,21,23,25);2*1H. The van der Waals surface area contributed by atoms with Crippen molar-refractivity contribution in [3.8, 4) is 0 Å². The van der Waals surface area contributed by atoms with Gasteiger partial charge in [0.05, 0.1) is 6.20 Å². The molecule has 3 unspecified atom stereocenters. The van der Waals surface area contributed by atoms with Crippen molar-refractivity contribution >= 4 is 42.4 Å². The summed E-state index contributed by atoms with van der Waals surface area (Å²) in [5.41, 5.74) is 6.71. The number of carbonyl (C=O) groups is 2. The van der Waals surface area contributed by atoms with E-state index in [0.717, 1.165) is 24.8 Å². The number of rotatable bonds is 5. The Balaban J connectivity index is 0.00000182. The molecule has 0 saturated heterocycles. The molecule has 0 spiro atoms. The van der Waals surface area contributed by atoms with Gasteiger partial charge in [0.15, 0.2) is 0 Å². The lowest BCUT2D eigenvalue weighted by atomic mass is 9.85. The molecule has 1 aliphatic rings. The SMILES string of the molecule is Cl.Cl.NC1CCCC(C(=O)NC(C(=O)Nc2ccn[nH]2)c2ccccc2)C1. The Morgan fingerprint density at radius 3 is 2.52 bits per heavy atom.